The zero-order valence-corrected chi connectivity index (χ0v) is 17.6. The Morgan fingerprint density at radius 3 is 2.81 bits per heavy atom. The maximum absolute atomic E-state index is 5.34. The fourth-order valence-electron chi connectivity index (χ4n) is 2.52. The van der Waals surface area contributed by atoms with Gasteiger partial charge in [0.05, 0.1) is 12.2 Å². The number of aromatic nitrogens is 1. The lowest BCUT2D eigenvalue weighted by atomic mass is 10.3. The highest BCUT2D eigenvalue weighted by Gasteiger charge is 2.12. The Morgan fingerprint density at radius 1 is 1.33 bits per heavy atom. The van der Waals surface area contributed by atoms with Crippen molar-refractivity contribution >= 4 is 23.0 Å². The van der Waals surface area contributed by atoms with Gasteiger partial charge in [-0.3, -0.25) is 4.99 Å². The van der Waals surface area contributed by atoms with Crippen LogP contribution in [-0.2, 0) is 11.3 Å². The number of methoxy groups -OCH3 is 1. The van der Waals surface area contributed by atoms with Crippen molar-refractivity contribution in [2.45, 2.75) is 32.9 Å². The second-order valence-corrected chi connectivity index (χ2v) is 7.18. The van der Waals surface area contributed by atoms with Gasteiger partial charge < -0.3 is 20.3 Å². The van der Waals surface area contributed by atoms with Gasteiger partial charge in [0, 0.05) is 44.9 Å². The first-order chi connectivity index (χ1) is 13.1. The molecule has 7 heteroatoms. The number of nitrogens with zero attached hydrogens (tertiary/aromatic N) is 3. The van der Waals surface area contributed by atoms with Crippen LogP contribution >= 0.6 is 11.3 Å². The number of benzene rings is 1. The molecule has 27 heavy (non-hydrogen) atoms. The average Bonchev–Trinajstić information content (AvgIpc) is 3.15. The molecule has 2 rings (SSSR count). The standard InChI is InChI=1S/C20H31N5OS/c1-5-21-20(23-13-9-12-22-17-10-7-6-8-11-17)25(3)14-18-15-27-19(24-18)16(2)26-4/h6-8,10-11,15-16,22H,5,9,12-14H2,1-4H3,(H,21,23). The molecule has 0 saturated carbocycles. The van der Waals surface area contributed by atoms with Crippen LogP contribution in [-0.4, -0.2) is 49.6 Å². The molecule has 148 valence electrons. The molecule has 0 saturated heterocycles. The monoisotopic (exact) mass is 389 g/mol. The van der Waals surface area contributed by atoms with Crippen molar-refractivity contribution in [1.29, 1.82) is 0 Å². The van der Waals surface area contributed by atoms with E-state index in [1.807, 2.05) is 32.2 Å². The lowest BCUT2D eigenvalue weighted by Gasteiger charge is -2.21. The average molecular weight is 390 g/mol. The number of guanidine groups is 1. The first-order valence-corrected chi connectivity index (χ1v) is 10.3. The highest BCUT2D eigenvalue weighted by atomic mass is 32.1. The van der Waals surface area contributed by atoms with Crippen LogP contribution in [0.4, 0.5) is 5.69 Å². The molecule has 1 heterocycles. The highest BCUT2D eigenvalue weighted by Crippen LogP contribution is 2.20. The summed E-state index contributed by atoms with van der Waals surface area (Å²) < 4.78 is 5.34. The van der Waals surface area contributed by atoms with Crippen LogP contribution in [0.2, 0.25) is 0 Å². The van der Waals surface area contributed by atoms with E-state index in [0.717, 1.165) is 54.9 Å². The molecule has 0 amide bonds. The van der Waals surface area contributed by atoms with Crippen molar-refractivity contribution in [3.05, 3.63) is 46.4 Å². The van der Waals surface area contributed by atoms with Crippen LogP contribution in [0.3, 0.4) is 0 Å². The zero-order chi connectivity index (χ0) is 19.5. The van der Waals surface area contributed by atoms with E-state index in [4.69, 9.17) is 9.73 Å². The molecule has 1 aromatic carbocycles. The molecule has 1 unspecified atom stereocenters. The lowest BCUT2D eigenvalue weighted by Crippen LogP contribution is -2.38. The number of anilines is 1. The van der Waals surface area contributed by atoms with Gasteiger partial charge in [-0.05, 0) is 32.4 Å². The van der Waals surface area contributed by atoms with E-state index in [9.17, 15) is 0 Å². The van der Waals surface area contributed by atoms with Gasteiger partial charge in [0.25, 0.3) is 0 Å². The van der Waals surface area contributed by atoms with Gasteiger partial charge >= 0.3 is 0 Å². The summed E-state index contributed by atoms with van der Waals surface area (Å²) in [4.78, 5) is 11.5. The minimum atomic E-state index is 0.0353. The van der Waals surface area contributed by atoms with E-state index in [2.05, 4.69) is 45.0 Å². The third kappa shape index (κ3) is 7.19. The fourth-order valence-corrected chi connectivity index (χ4v) is 3.36. The SMILES string of the molecule is CCNC(=NCCCNc1ccccc1)N(C)Cc1csc(C(C)OC)n1. The van der Waals surface area contributed by atoms with Crippen LogP contribution < -0.4 is 10.6 Å². The number of aliphatic imine (C=N–C) groups is 1. The molecule has 0 aliphatic heterocycles. The molecular weight excluding hydrogens is 358 g/mol. The molecule has 0 bridgehead atoms. The van der Waals surface area contributed by atoms with Crippen molar-refractivity contribution in [1.82, 2.24) is 15.2 Å². The quantitative estimate of drug-likeness (QED) is 0.368. The zero-order valence-electron chi connectivity index (χ0n) is 16.7. The van der Waals surface area contributed by atoms with Crippen LogP contribution in [0.5, 0.6) is 0 Å². The Bertz CT molecular complexity index is 689. The van der Waals surface area contributed by atoms with E-state index in [0.29, 0.717) is 0 Å². The first kappa shape index (κ1) is 21.2. The van der Waals surface area contributed by atoms with Crippen LogP contribution in [0.25, 0.3) is 0 Å². The number of rotatable bonds is 10. The second-order valence-electron chi connectivity index (χ2n) is 6.29. The molecular formula is C20H31N5OS. The fraction of sp³-hybridized carbons (Fsp3) is 0.500. The molecule has 2 N–H and O–H groups in total. The number of thiazole rings is 1. The van der Waals surface area contributed by atoms with Crippen molar-refractivity contribution in [2.75, 3.05) is 39.1 Å². The summed E-state index contributed by atoms with van der Waals surface area (Å²) >= 11 is 1.64. The van der Waals surface area contributed by atoms with Crippen molar-refractivity contribution in [3.8, 4) is 0 Å². The number of para-hydroxylation sites is 1. The molecule has 2 aromatic rings. The summed E-state index contributed by atoms with van der Waals surface area (Å²) in [6.07, 6.45) is 1.01. The van der Waals surface area contributed by atoms with E-state index >= 15 is 0 Å². The molecule has 1 atom stereocenters. The predicted octanol–water partition coefficient (Wildman–Crippen LogP) is 3.75. The maximum atomic E-state index is 5.34. The third-order valence-electron chi connectivity index (χ3n) is 4.07. The van der Waals surface area contributed by atoms with E-state index in [1.165, 1.54) is 0 Å². The number of hydrogen-bond acceptors (Lipinski definition) is 5. The van der Waals surface area contributed by atoms with Crippen molar-refractivity contribution in [2.24, 2.45) is 4.99 Å². The minimum Gasteiger partial charge on any atom is -0.385 e. The van der Waals surface area contributed by atoms with Crippen LogP contribution in [0.15, 0.2) is 40.7 Å². The molecule has 0 radical (unpaired) electrons. The van der Waals surface area contributed by atoms with E-state index < -0.39 is 0 Å². The molecule has 0 aliphatic carbocycles. The van der Waals surface area contributed by atoms with Gasteiger partial charge in [0.15, 0.2) is 5.96 Å². The number of ether oxygens (including phenoxy) is 1. The Morgan fingerprint density at radius 2 is 2.11 bits per heavy atom. The molecule has 0 aliphatic rings. The molecule has 6 nitrogen and oxygen atoms in total. The summed E-state index contributed by atoms with van der Waals surface area (Å²) in [5, 5.41) is 9.87. The Kier molecular flexibility index (Phi) is 9.07. The first-order valence-electron chi connectivity index (χ1n) is 9.39. The molecule has 1 aromatic heterocycles. The summed E-state index contributed by atoms with van der Waals surface area (Å²) in [5.41, 5.74) is 2.19. The van der Waals surface area contributed by atoms with E-state index in [-0.39, 0.29) is 6.10 Å². The molecule has 0 spiro atoms. The van der Waals surface area contributed by atoms with Gasteiger partial charge in [0.1, 0.15) is 11.1 Å². The number of nitrogens with one attached hydrogen (secondary N) is 2. The Balaban J connectivity index is 1.83. The van der Waals surface area contributed by atoms with Gasteiger partial charge in [0.2, 0.25) is 0 Å². The summed E-state index contributed by atoms with van der Waals surface area (Å²) in [6, 6.07) is 10.3. The maximum Gasteiger partial charge on any atom is 0.194 e. The summed E-state index contributed by atoms with van der Waals surface area (Å²) in [6.45, 7) is 7.34. The van der Waals surface area contributed by atoms with Crippen molar-refractivity contribution < 1.29 is 4.74 Å². The smallest absolute Gasteiger partial charge is 0.194 e. The van der Waals surface area contributed by atoms with Gasteiger partial charge in [-0.15, -0.1) is 11.3 Å². The van der Waals surface area contributed by atoms with Crippen LogP contribution in [0, 0.1) is 0 Å². The normalized spacial score (nSPS) is 12.7. The van der Waals surface area contributed by atoms with Crippen molar-refractivity contribution in [3.63, 3.8) is 0 Å². The Labute approximate surface area is 166 Å². The largest absolute Gasteiger partial charge is 0.385 e. The molecule has 0 fully saturated rings. The Hall–Kier alpha value is -2.12. The topological polar surface area (TPSA) is 61.8 Å². The van der Waals surface area contributed by atoms with E-state index in [1.54, 1.807) is 18.4 Å². The third-order valence-corrected chi connectivity index (χ3v) is 5.12. The minimum absolute atomic E-state index is 0.0353. The summed E-state index contributed by atoms with van der Waals surface area (Å²) in [5.74, 6) is 0.909. The predicted molar refractivity (Wildman–Crippen MR) is 115 cm³/mol. The second kappa shape index (κ2) is 11.6. The van der Waals surface area contributed by atoms with Gasteiger partial charge in [-0.1, -0.05) is 18.2 Å². The van der Waals surface area contributed by atoms with Gasteiger partial charge in [-0.25, -0.2) is 4.98 Å². The highest BCUT2D eigenvalue weighted by molar-refractivity contribution is 7.09. The summed E-state index contributed by atoms with van der Waals surface area (Å²) in [7, 11) is 3.75. The number of hydrogen-bond donors (Lipinski definition) is 2. The lowest BCUT2D eigenvalue weighted by molar-refractivity contribution is 0.119. The van der Waals surface area contributed by atoms with Gasteiger partial charge in [-0.2, -0.15) is 0 Å². The van der Waals surface area contributed by atoms with Crippen LogP contribution in [0.1, 0.15) is 37.1 Å².